The second-order valence-electron chi connectivity index (χ2n) is 5.15. The molecule has 0 aliphatic rings. The summed E-state index contributed by atoms with van der Waals surface area (Å²) in [6.45, 7) is 2.06. The van der Waals surface area contributed by atoms with Crippen molar-refractivity contribution in [3.63, 3.8) is 0 Å². The van der Waals surface area contributed by atoms with Gasteiger partial charge < -0.3 is 0 Å². The Kier molecular flexibility index (Phi) is 5.95. The van der Waals surface area contributed by atoms with Gasteiger partial charge in [-0.25, -0.2) is 0 Å². The average Bonchev–Trinajstić information content (AvgIpc) is 2.43. The highest BCUT2D eigenvalue weighted by atomic mass is 79.9. The van der Waals surface area contributed by atoms with E-state index in [1.165, 1.54) is 16.7 Å². The zero-order valence-electron chi connectivity index (χ0n) is 11.4. The van der Waals surface area contributed by atoms with Gasteiger partial charge in [0.15, 0.2) is 0 Å². The first-order valence-corrected chi connectivity index (χ1v) is 8.51. The van der Waals surface area contributed by atoms with Gasteiger partial charge >= 0.3 is 0 Å². The fourth-order valence-corrected chi connectivity index (χ4v) is 3.16. The molecule has 2 rings (SSSR count). The van der Waals surface area contributed by atoms with Gasteiger partial charge in [0.25, 0.3) is 0 Å². The van der Waals surface area contributed by atoms with Crippen LogP contribution in [0.4, 0.5) is 0 Å². The van der Waals surface area contributed by atoms with E-state index < -0.39 is 0 Å². The van der Waals surface area contributed by atoms with E-state index in [1.807, 2.05) is 18.2 Å². The highest BCUT2D eigenvalue weighted by Gasteiger charge is 2.12. The second-order valence-corrected chi connectivity index (χ2v) is 6.64. The molecule has 0 aliphatic heterocycles. The quantitative estimate of drug-likeness (QED) is 0.557. The van der Waals surface area contributed by atoms with E-state index in [9.17, 15) is 0 Å². The van der Waals surface area contributed by atoms with Crippen molar-refractivity contribution in [3.8, 4) is 0 Å². The maximum Gasteiger partial charge on any atom is 0.0440 e. The van der Waals surface area contributed by atoms with Gasteiger partial charge in [0.05, 0.1) is 0 Å². The van der Waals surface area contributed by atoms with Crippen molar-refractivity contribution >= 4 is 39.1 Å². The molecule has 0 saturated heterocycles. The Morgan fingerprint density at radius 3 is 2.30 bits per heavy atom. The van der Waals surface area contributed by atoms with Crippen molar-refractivity contribution in [2.45, 2.75) is 19.8 Å². The van der Waals surface area contributed by atoms with Gasteiger partial charge in [-0.2, -0.15) is 0 Å². The molecule has 2 aromatic carbocycles. The molecule has 2 aromatic rings. The van der Waals surface area contributed by atoms with Gasteiger partial charge in [-0.1, -0.05) is 63.4 Å². The Morgan fingerprint density at radius 2 is 1.70 bits per heavy atom. The highest BCUT2D eigenvalue weighted by molar-refractivity contribution is 9.09. The lowest BCUT2D eigenvalue weighted by Crippen LogP contribution is -2.10. The minimum atomic E-state index is 0.524. The minimum absolute atomic E-state index is 0.524. The average molecular weight is 372 g/mol. The summed E-state index contributed by atoms with van der Waals surface area (Å²) < 4.78 is 0. The van der Waals surface area contributed by atoms with Crippen LogP contribution >= 0.6 is 39.1 Å². The van der Waals surface area contributed by atoms with Crippen LogP contribution < -0.4 is 0 Å². The van der Waals surface area contributed by atoms with Gasteiger partial charge in [0, 0.05) is 15.4 Å². The zero-order chi connectivity index (χ0) is 14.5. The lowest BCUT2D eigenvalue weighted by molar-refractivity contribution is 0.591. The first kappa shape index (κ1) is 15.9. The zero-order valence-corrected chi connectivity index (χ0v) is 14.5. The minimum Gasteiger partial charge on any atom is -0.0925 e. The standard InChI is InChI=1S/C17H17BrCl2/c1-12-2-5-15(17(20)8-12)10-14(11-18)9-13-3-6-16(19)7-4-13/h2-8,14H,9-11H2,1H3. The third-order valence-electron chi connectivity index (χ3n) is 3.37. The highest BCUT2D eigenvalue weighted by Crippen LogP contribution is 2.24. The molecule has 0 saturated carbocycles. The molecule has 106 valence electrons. The molecule has 0 nitrogen and oxygen atoms in total. The molecule has 0 N–H and O–H groups in total. The van der Waals surface area contributed by atoms with Crippen LogP contribution in [0.3, 0.4) is 0 Å². The maximum absolute atomic E-state index is 6.32. The van der Waals surface area contributed by atoms with E-state index >= 15 is 0 Å². The molecule has 0 aliphatic carbocycles. The molecular formula is C17H17BrCl2. The number of hydrogen-bond donors (Lipinski definition) is 0. The molecule has 1 atom stereocenters. The summed E-state index contributed by atoms with van der Waals surface area (Å²) in [5, 5.41) is 2.61. The van der Waals surface area contributed by atoms with E-state index in [4.69, 9.17) is 23.2 Å². The lowest BCUT2D eigenvalue weighted by Gasteiger charge is -2.15. The largest absolute Gasteiger partial charge is 0.0925 e. The van der Waals surface area contributed by atoms with Crippen molar-refractivity contribution in [1.29, 1.82) is 0 Å². The second kappa shape index (κ2) is 7.49. The molecule has 0 fully saturated rings. The molecule has 0 bridgehead atoms. The number of alkyl halides is 1. The third-order valence-corrected chi connectivity index (χ3v) is 4.89. The number of hydrogen-bond acceptors (Lipinski definition) is 0. The summed E-state index contributed by atoms with van der Waals surface area (Å²) in [6, 6.07) is 14.4. The van der Waals surface area contributed by atoms with Crippen molar-refractivity contribution < 1.29 is 0 Å². The fraction of sp³-hybridized carbons (Fsp3) is 0.294. The predicted molar refractivity (Wildman–Crippen MR) is 92.3 cm³/mol. The van der Waals surface area contributed by atoms with E-state index in [0.29, 0.717) is 5.92 Å². The molecule has 0 amide bonds. The SMILES string of the molecule is Cc1ccc(CC(CBr)Cc2ccc(Cl)cc2)c(Cl)c1. The van der Waals surface area contributed by atoms with Crippen LogP contribution in [-0.4, -0.2) is 5.33 Å². The van der Waals surface area contributed by atoms with Crippen LogP contribution in [0, 0.1) is 12.8 Å². The molecule has 0 heterocycles. The van der Waals surface area contributed by atoms with E-state index in [2.05, 4.69) is 47.1 Å². The summed E-state index contributed by atoms with van der Waals surface area (Å²) in [5.41, 5.74) is 3.73. The summed E-state index contributed by atoms with van der Waals surface area (Å²) in [7, 11) is 0. The summed E-state index contributed by atoms with van der Waals surface area (Å²) in [6.07, 6.45) is 2.00. The predicted octanol–water partition coefficient (Wildman–Crippen LogP) is 6.10. The number of aryl methyl sites for hydroxylation is 1. The van der Waals surface area contributed by atoms with Crippen LogP contribution in [0.5, 0.6) is 0 Å². The molecular weight excluding hydrogens is 355 g/mol. The molecule has 0 spiro atoms. The monoisotopic (exact) mass is 370 g/mol. The van der Waals surface area contributed by atoms with Crippen LogP contribution in [0.2, 0.25) is 10.0 Å². The fourth-order valence-electron chi connectivity index (χ4n) is 2.26. The Balaban J connectivity index is 2.07. The van der Waals surface area contributed by atoms with E-state index in [-0.39, 0.29) is 0 Å². The van der Waals surface area contributed by atoms with Gasteiger partial charge in [-0.15, -0.1) is 0 Å². The van der Waals surface area contributed by atoms with Gasteiger partial charge in [-0.05, 0) is 60.6 Å². The van der Waals surface area contributed by atoms with E-state index in [0.717, 1.165) is 28.2 Å². The van der Waals surface area contributed by atoms with Crippen LogP contribution in [0.1, 0.15) is 16.7 Å². The molecule has 20 heavy (non-hydrogen) atoms. The van der Waals surface area contributed by atoms with Crippen molar-refractivity contribution in [2.75, 3.05) is 5.33 Å². The number of benzene rings is 2. The number of halogens is 3. The lowest BCUT2D eigenvalue weighted by atomic mass is 9.94. The van der Waals surface area contributed by atoms with Crippen molar-refractivity contribution in [3.05, 3.63) is 69.2 Å². The molecule has 3 heteroatoms. The van der Waals surface area contributed by atoms with Crippen LogP contribution in [0.15, 0.2) is 42.5 Å². The summed E-state index contributed by atoms with van der Waals surface area (Å²) in [4.78, 5) is 0. The van der Waals surface area contributed by atoms with Crippen molar-refractivity contribution in [2.24, 2.45) is 5.92 Å². The van der Waals surface area contributed by atoms with Crippen LogP contribution in [0.25, 0.3) is 0 Å². The Hall–Kier alpha value is -0.500. The third kappa shape index (κ3) is 4.51. The summed E-state index contributed by atoms with van der Waals surface area (Å²) >= 11 is 15.9. The van der Waals surface area contributed by atoms with E-state index in [1.54, 1.807) is 0 Å². The van der Waals surface area contributed by atoms with Gasteiger partial charge in [-0.3, -0.25) is 0 Å². The molecule has 0 radical (unpaired) electrons. The van der Waals surface area contributed by atoms with Crippen LogP contribution in [-0.2, 0) is 12.8 Å². The van der Waals surface area contributed by atoms with Crippen molar-refractivity contribution in [1.82, 2.24) is 0 Å². The van der Waals surface area contributed by atoms with Gasteiger partial charge in [0.1, 0.15) is 0 Å². The van der Waals surface area contributed by atoms with Gasteiger partial charge in [0.2, 0.25) is 0 Å². The Labute approximate surface area is 139 Å². The maximum atomic E-state index is 6.32. The first-order chi connectivity index (χ1) is 9.58. The Bertz CT molecular complexity index is 564. The number of rotatable bonds is 5. The normalized spacial score (nSPS) is 12.4. The smallest absolute Gasteiger partial charge is 0.0440 e. The molecule has 1 unspecified atom stereocenters. The summed E-state index contributed by atoms with van der Waals surface area (Å²) in [5.74, 6) is 0.524. The molecule has 0 aromatic heterocycles. The Morgan fingerprint density at radius 1 is 1.00 bits per heavy atom. The topological polar surface area (TPSA) is 0 Å². The first-order valence-electron chi connectivity index (χ1n) is 6.64.